The summed E-state index contributed by atoms with van der Waals surface area (Å²) in [6.45, 7) is 4.70. The van der Waals surface area contributed by atoms with E-state index in [1.54, 1.807) is 11.3 Å². The van der Waals surface area contributed by atoms with E-state index in [1.165, 1.54) is 6.04 Å². The molecule has 0 bridgehead atoms. The zero-order chi connectivity index (χ0) is 8.97. The van der Waals surface area contributed by atoms with Gasteiger partial charge in [0.2, 0.25) is 0 Å². The van der Waals surface area contributed by atoms with Gasteiger partial charge in [-0.15, -0.1) is 17.8 Å². The normalized spacial score (nSPS) is 9.85. The molecule has 0 aliphatic heterocycles. The molecule has 1 rings (SSSR count). The van der Waals surface area contributed by atoms with Crippen LogP contribution in [0.5, 0.6) is 0 Å². The number of nitrogens with two attached hydrogens (primary N) is 1. The van der Waals surface area contributed by atoms with Crippen LogP contribution in [0.4, 0.5) is 5.13 Å². The Morgan fingerprint density at radius 1 is 1.69 bits per heavy atom. The minimum absolute atomic E-state index is 0. The first-order valence-electron chi connectivity index (χ1n) is 3.94. The summed E-state index contributed by atoms with van der Waals surface area (Å²) < 4.78 is 0. The van der Waals surface area contributed by atoms with E-state index in [0.717, 1.165) is 17.2 Å². The molecule has 0 saturated heterocycles. The second-order valence-corrected chi connectivity index (χ2v) is 3.60. The van der Waals surface area contributed by atoms with Gasteiger partial charge in [0.1, 0.15) is 0 Å². The quantitative estimate of drug-likeness (QED) is 0.822. The fourth-order valence-electron chi connectivity index (χ4n) is 0.873. The van der Waals surface area contributed by atoms with Crippen molar-refractivity contribution < 1.29 is 32.7 Å². The van der Waals surface area contributed by atoms with Crippen molar-refractivity contribution >= 4 is 16.5 Å². The summed E-state index contributed by atoms with van der Waals surface area (Å²) >= 11 is 1.62. The molecule has 3 nitrogen and oxygen atoms in total. The van der Waals surface area contributed by atoms with Gasteiger partial charge in [-0.3, -0.25) is 0 Å². The standard InChI is InChI=1S/C8H14N3S.Y/c1-6(3-4-9)10-8-11-7(2)5-12-8;/h5H,3-4,9H2,1-2H3,(H,10,11);/q-1;. The summed E-state index contributed by atoms with van der Waals surface area (Å²) in [6.07, 6.45) is 0.901. The number of thiazole rings is 1. The Balaban J connectivity index is 0.00000144. The van der Waals surface area contributed by atoms with E-state index < -0.39 is 0 Å². The van der Waals surface area contributed by atoms with Crippen molar-refractivity contribution in [1.82, 2.24) is 4.98 Å². The molecule has 0 spiro atoms. The van der Waals surface area contributed by atoms with Gasteiger partial charge in [0.15, 0.2) is 5.13 Å². The Kier molecular flexibility index (Phi) is 7.14. The summed E-state index contributed by atoms with van der Waals surface area (Å²) in [6, 6.07) is 1.17. The number of aryl methyl sites for hydroxylation is 1. The van der Waals surface area contributed by atoms with Crippen LogP contribution in [0.1, 0.15) is 19.0 Å². The van der Waals surface area contributed by atoms with Gasteiger partial charge in [-0.25, -0.2) is 11.0 Å². The Bertz CT molecular complexity index is 239. The van der Waals surface area contributed by atoms with E-state index in [1.807, 2.05) is 19.2 Å². The second-order valence-electron chi connectivity index (χ2n) is 2.74. The third kappa shape index (κ3) is 5.06. The minimum Gasteiger partial charge on any atom is -0.509 e. The Labute approximate surface area is 108 Å². The average molecular weight is 273 g/mol. The molecule has 0 fully saturated rings. The van der Waals surface area contributed by atoms with E-state index in [2.05, 4.69) is 10.3 Å². The van der Waals surface area contributed by atoms with E-state index in [4.69, 9.17) is 5.73 Å². The molecular formula is C8H14N3SY-. The predicted molar refractivity (Wildman–Crippen MR) is 53.1 cm³/mol. The first-order chi connectivity index (χ1) is 5.72. The first kappa shape index (κ1) is 13.5. The maximum absolute atomic E-state index is 5.41. The van der Waals surface area contributed by atoms with Crippen molar-refractivity contribution in [2.45, 2.75) is 20.3 Å². The van der Waals surface area contributed by atoms with Crippen LogP contribution >= 0.6 is 11.3 Å². The molecule has 0 amide bonds. The fourth-order valence-corrected chi connectivity index (χ4v) is 1.64. The summed E-state index contributed by atoms with van der Waals surface area (Å²) in [5.74, 6) is 0. The molecule has 0 aliphatic rings. The monoisotopic (exact) mass is 273 g/mol. The van der Waals surface area contributed by atoms with E-state index in [9.17, 15) is 0 Å². The van der Waals surface area contributed by atoms with E-state index in [0.29, 0.717) is 6.54 Å². The van der Waals surface area contributed by atoms with Crippen LogP contribution in [0.25, 0.3) is 0 Å². The fraction of sp³-hybridized carbons (Fsp3) is 0.500. The number of hydrogen-bond donors (Lipinski definition) is 2. The summed E-state index contributed by atoms with van der Waals surface area (Å²) in [5, 5.41) is 6.19. The zero-order valence-electron chi connectivity index (χ0n) is 8.00. The summed E-state index contributed by atoms with van der Waals surface area (Å²) in [4.78, 5) is 4.28. The minimum atomic E-state index is 0. The molecule has 3 N–H and O–H groups in total. The number of anilines is 1. The molecule has 1 aromatic heterocycles. The molecule has 0 saturated carbocycles. The van der Waals surface area contributed by atoms with Crippen LogP contribution in [-0.2, 0) is 32.7 Å². The van der Waals surface area contributed by atoms with Crippen LogP contribution in [0.3, 0.4) is 0 Å². The number of rotatable bonds is 4. The third-order valence-corrected chi connectivity index (χ3v) is 2.33. The SMILES string of the molecule is Cc1csc(N[C-](C)CCN)n1.[Y]. The number of nitrogens with one attached hydrogen (secondary N) is 1. The summed E-state index contributed by atoms with van der Waals surface area (Å²) in [7, 11) is 0. The van der Waals surface area contributed by atoms with Crippen LogP contribution in [0.15, 0.2) is 5.38 Å². The van der Waals surface area contributed by atoms with Crippen molar-refractivity contribution in [3.63, 3.8) is 0 Å². The van der Waals surface area contributed by atoms with Gasteiger partial charge in [-0.05, 0) is 13.5 Å². The van der Waals surface area contributed by atoms with Crippen molar-refractivity contribution in [3.8, 4) is 0 Å². The Morgan fingerprint density at radius 2 is 2.38 bits per heavy atom. The van der Waals surface area contributed by atoms with Crippen molar-refractivity contribution in [1.29, 1.82) is 0 Å². The van der Waals surface area contributed by atoms with Crippen LogP contribution in [-0.4, -0.2) is 11.5 Å². The van der Waals surface area contributed by atoms with E-state index in [-0.39, 0.29) is 32.7 Å². The molecule has 0 aliphatic carbocycles. The molecule has 0 aromatic carbocycles. The number of hydrogen-bond acceptors (Lipinski definition) is 4. The van der Waals surface area contributed by atoms with E-state index >= 15 is 0 Å². The first-order valence-corrected chi connectivity index (χ1v) is 4.82. The van der Waals surface area contributed by atoms with Crippen molar-refractivity contribution in [2.75, 3.05) is 11.9 Å². The van der Waals surface area contributed by atoms with Crippen molar-refractivity contribution in [2.24, 2.45) is 5.73 Å². The molecular weight excluding hydrogens is 259 g/mol. The van der Waals surface area contributed by atoms with Gasteiger partial charge in [0.25, 0.3) is 0 Å². The maximum atomic E-state index is 5.41. The number of aromatic nitrogens is 1. The number of nitrogens with zero attached hydrogens (tertiary/aromatic N) is 1. The molecule has 1 aromatic rings. The predicted octanol–water partition coefficient (Wildman–Crippen LogP) is 1.76. The molecule has 1 heterocycles. The van der Waals surface area contributed by atoms with Crippen LogP contribution < -0.4 is 11.1 Å². The van der Waals surface area contributed by atoms with Gasteiger partial charge >= 0.3 is 0 Å². The van der Waals surface area contributed by atoms with Gasteiger partial charge in [0, 0.05) is 38.1 Å². The molecule has 1 radical (unpaired) electrons. The largest absolute Gasteiger partial charge is 0.509 e. The average Bonchev–Trinajstić information content (AvgIpc) is 2.36. The van der Waals surface area contributed by atoms with Gasteiger partial charge in [-0.1, -0.05) is 0 Å². The van der Waals surface area contributed by atoms with Crippen LogP contribution in [0, 0.1) is 13.0 Å². The zero-order valence-corrected chi connectivity index (χ0v) is 11.7. The van der Waals surface area contributed by atoms with Crippen molar-refractivity contribution in [3.05, 3.63) is 17.1 Å². The van der Waals surface area contributed by atoms with Gasteiger partial charge < -0.3 is 11.1 Å². The van der Waals surface area contributed by atoms with Crippen LogP contribution in [0.2, 0.25) is 0 Å². The smallest absolute Gasteiger partial charge is 0.153 e. The molecule has 13 heavy (non-hydrogen) atoms. The topological polar surface area (TPSA) is 50.9 Å². The Morgan fingerprint density at radius 3 is 2.85 bits per heavy atom. The molecule has 71 valence electrons. The molecule has 5 heteroatoms. The summed E-state index contributed by atoms with van der Waals surface area (Å²) in [5.41, 5.74) is 6.47. The second kappa shape index (κ2) is 6.88. The molecule has 0 atom stereocenters. The maximum Gasteiger partial charge on any atom is 0.153 e. The Hall–Kier alpha value is 0.494. The van der Waals surface area contributed by atoms with Gasteiger partial charge in [-0.2, -0.15) is 6.92 Å². The molecule has 0 unspecified atom stereocenters. The third-order valence-electron chi connectivity index (χ3n) is 1.46. The van der Waals surface area contributed by atoms with Gasteiger partial charge in [0.05, 0.1) is 5.69 Å².